The molecule has 7 heteroatoms. The van der Waals surface area contributed by atoms with Gasteiger partial charge in [-0.3, -0.25) is 9.59 Å². The number of anilines is 1. The molecule has 0 radical (unpaired) electrons. The van der Waals surface area contributed by atoms with E-state index in [9.17, 15) is 14.4 Å². The summed E-state index contributed by atoms with van der Waals surface area (Å²) in [7, 11) is 0. The molecule has 0 saturated carbocycles. The molecule has 1 aliphatic rings. The maximum absolute atomic E-state index is 13.2. The van der Waals surface area contributed by atoms with Crippen LogP contribution in [0.3, 0.4) is 0 Å². The summed E-state index contributed by atoms with van der Waals surface area (Å²) in [6.07, 6.45) is -0.360. The van der Waals surface area contributed by atoms with Gasteiger partial charge in [-0.05, 0) is 52.3 Å². The highest BCUT2D eigenvalue weighted by molar-refractivity contribution is 6.11. The zero-order valence-corrected chi connectivity index (χ0v) is 17.5. The summed E-state index contributed by atoms with van der Waals surface area (Å²) in [5.41, 5.74) is 0.662. The van der Waals surface area contributed by atoms with E-state index in [2.05, 4.69) is 0 Å². The van der Waals surface area contributed by atoms with Crippen molar-refractivity contribution in [3.8, 4) is 0 Å². The molecule has 0 bridgehead atoms. The third-order valence-corrected chi connectivity index (χ3v) is 5.04. The number of amides is 3. The van der Waals surface area contributed by atoms with Crippen LogP contribution in [0.2, 0.25) is 0 Å². The number of piperazine rings is 1. The molecule has 1 aromatic rings. The van der Waals surface area contributed by atoms with Crippen LogP contribution in [0.15, 0.2) is 24.3 Å². The van der Waals surface area contributed by atoms with Gasteiger partial charge in [0.05, 0.1) is 6.61 Å². The third kappa shape index (κ3) is 4.64. The summed E-state index contributed by atoms with van der Waals surface area (Å²) in [6, 6.07) is 7.71. The van der Waals surface area contributed by atoms with E-state index in [1.165, 1.54) is 0 Å². The van der Waals surface area contributed by atoms with Gasteiger partial charge in [-0.15, -0.1) is 0 Å². The van der Waals surface area contributed by atoms with Crippen LogP contribution >= 0.6 is 0 Å². The molecule has 0 atom stereocenters. The van der Waals surface area contributed by atoms with Crippen LogP contribution in [0.1, 0.15) is 33.3 Å². The van der Waals surface area contributed by atoms with Crippen molar-refractivity contribution in [2.75, 3.05) is 44.2 Å². The summed E-state index contributed by atoms with van der Waals surface area (Å²) >= 11 is 0. The van der Waals surface area contributed by atoms with E-state index in [0.717, 1.165) is 11.3 Å². The number of rotatable bonds is 5. The topological polar surface area (TPSA) is 70.2 Å². The second kappa shape index (κ2) is 9.08. The first-order chi connectivity index (χ1) is 13.2. The molecule has 0 N–H and O–H groups in total. The lowest BCUT2D eigenvalue weighted by Gasteiger charge is -2.39. The molecule has 1 saturated heterocycles. The highest BCUT2D eigenvalue weighted by atomic mass is 16.6. The van der Waals surface area contributed by atoms with Crippen LogP contribution < -0.4 is 4.90 Å². The van der Waals surface area contributed by atoms with E-state index in [0.29, 0.717) is 39.3 Å². The molecular formula is C21H31N3O4. The van der Waals surface area contributed by atoms with Gasteiger partial charge in [-0.1, -0.05) is 12.1 Å². The number of nitrogens with zero attached hydrogens (tertiary/aromatic N) is 3. The number of hydrogen-bond acceptors (Lipinski definition) is 4. The molecule has 2 rings (SSSR count). The Hall–Kier alpha value is -2.57. The van der Waals surface area contributed by atoms with Crippen molar-refractivity contribution in [2.24, 2.45) is 5.41 Å². The maximum atomic E-state index is 13.2. The predicted molar refractivity (Wildman–Crippen MR) is 108 cm³/mol. The highest BCUT2D eigenvalue weighted by Gasteiger charge is 2.42. The van der Waals surface area contributed by atoms with Crippen LogP contribution in [-0.2, 0) is 14.3 Å². The van der Waals surface area contributed by atoms with Crippen molar-refractivity contribution >= 4 is 23.6 Å². The highest BCUT2D eigenvalue weighted by Crippen LogP contribution is 2.27. The predicted octanol–water partition coefficient (Wildman–Crippen LogP) is 2.67. The number of hydrogen-bond donors (Lipinski definition) is 0. The van der Waals surface area contributed by atoms with Gasteiger partial charge in [-0.2, -0.15) is 0 Å². The lowest BCUT2D eigenvalue weighted by Crippen LogP contribution is -2.56. The Balaban J connectivity index is 2.09. The van der Waals surface area contributed by atoms with Crippen molar-refractivity contribution in [3.63, 3.8) is 0 Å². The normalized spacial score (nSPS) is 14.6. The smallest absolute Gasteiger partial charge is 0.409 e. The Morgan fingerprint density at radius 3 is 2.21 bits per heavy atom. The SMILES string of the molecule is CCOC(=O)N1CCN(C(=O)C(C)(C)C(=O)N(CC)c2cccc(C)c2)CC1. The molecule has 7 nitrogen and oxygen atoms in total. The van der Waals surface area contributed by atoms with E-state index in [1.807, 2.05) is 38.1 Å². The molecule has 154 valence electrons. The molecule has 1 heterocycles. The molecule has 1 aliphatic heterocycles. The minimum atomic E-state index is -1.19. The molecule has 1 fully saturated rings. The first-order valence-corrected chi connectivity index (χ1v) is 9.82. The van der Waals surface area contributed by atoms with Crippen LogP contribution in [0.25, 0.3) is 0 Å². The molecule has 0 unspecified atom stereocenters. The van der Waals surface area contributed by atoms with Crippen molar-refractivity contribution < 1.29 is 19.1 Å². The Labute approximate surface area is 167 Å². The van der Waals surface area contributed by atoms with Crippen LogP contribution in [0.4, 0.5) is 10.5 Å². The first kappa shape index (κ1) is 21.7. The summed E-state index contributed by atoms with van der Waals surface area (Å²) in [4.78, 5) is 43.1. The van der Waals surface area contributed by atoms with Gasteiger partial charge in [0, 0.05) is 38.4 Å². The van der Waals surface area contributed by atoms with E-state index in [1.54, 1.807) is 35.5 Å². The van der Waals surface area contributed by atoms with Gasteiger partial charge in [0.25, 0.3) is 0 Å². The van der Waals surface area contributed by atoms with Gasteiger partial charge in [0.15, 0.2) is 0 Å². The van der Waals surface area contributed by atoms with E-state index in [-0.39, 0.29) is 17.9 Å². The standard InChI is InChI=1S/C21H31N3O4/c1-6-24(17-10-8-9-16(3)15-17)19(26)21(4,5)18(25)22-11-13-23(14-12-22)20(27)28-7-2/h8-10,15H,6-7,11-14H2,1-5H3. The van der Waals surface area contributed by atoms with Gasteiger partial charge >= 0.3 is 6.09 Å². The van der Waals surface area contributed by atoms with Gasteiger partial charge in [-0.25, -0.2) is 4.79 Å². The van der Waals surface area contributed by atoms with Crippen molar-refractivity contribution in [3.05, 3.63) is 29.8 Å². The average Bonchev–Trinajstić information content (AvgIpc) is 2.68. The van der Waals surface area contributed by atoms with Gasteiger partial charge in [0.1, 0.15) is 5.41 Å². The molecule has 0 aliphatic carbocycles. The lowest BCUT2D eigenvalue weighted by atomic mass is 9.88. The Kier molecular flexibility index (Phi) is 7.05. The number of benzene rings is 1. The number of ether oxygens (including phenoxy) is 1. The first-order valence-electron chi connectivity index (χ1n) is 9.82. The monoisotopic (exact) mass is 389 g/mol. The summed E-state index contributed by atoms with van der Waals surface area (Å²) in [5, 5.41) is 0. The zero-order chi connectivity index (χ0) is 20.9. The molecule has 1 aromatic carbocycles. The summed E-state index contributed by atoms with van der Waals surface area (Å²) < 4.78 is 5.01. The fraction of sp³-hybridized carbons (Fsp3) is 0.571. The van der Waals surface area contributed by atoms with Crippen molar-refractivity contribution in [1.82, 2.24) is 9.80 Å². The quantitative estimate of drug-likeness (QED) is 0.726. The van der Waals surface area contributed by atoms with E-state index in [4.69, 9.17) is 4.74 Å². The van der Waals surface area contributed by atoms with Crippen molar-refractivity contribution in [2.45, 2.75) is 34.6 Å². The Morgan fingerprint density at radius 2 is 1.68 bits per heavy atom. The number of carbonyl (C=O) groups excluding carboxylic acids is 3. The molecule has 0 aromatic heterocycles. The fourth-order valence-electron chi connectivity index (χ4n) is 3.37. The van der Waals surface area contributed by atoms with E-state index < -0.39 is 5.41 Å². The number of aryl methyl sites for hydroxylation is 1. The second-order valence-corrected chi connectivity index (χ2v) is 7.49. The average molecular weight is 389 g/mol. The second-order valence-electron chi connectivity index (χ2n) is 7.49. The largest absolute Gasteiger partial charge is 0.450 e. The van der Waals surface area contributed by atoms with Crippen molar-refractivity contribution in [1.29, 1.82) is 0 Å². The Morgan fingerprint density at radius 1 is 1.07 bits per heavy atom. The van der Waals surface area contributed by atoms with Crippen LogP contribution in [0, 0.1) is 12.3 Å². The zero-order valence-electron chi connectivity index (χ0n) is 17.5. The van der Waals surface area contributed by atoms with Gasteiger partial charge < -0.3 is 19.4 Å². The maximum Gasteiger partial charge on any atom is 0.409 e. The summed E-state index contributed by atoms with van der Waals surface area (Å²) in [5.74, 6) is -0.439. The van der Waals surface area contributed by atoms with Crippen LogP contribution in [0.5, 0.6) is 0 Å². The minimum absolute atomic E-state index is 0.216. The van der Waals surface area contributed by atoms with Crippen LogP contribution in [-0.4, -0.2) is 67.0 Å². The molecular weight excluding hydrogens is 358 g/mol. The summed E-state index contributed by atoms with van der Waals surface area (Å²) in [6.45, 7) is 11.4. The molecule has 28 heavy (non-hydrogen) atoms. The molecule has 0 spiro atoms. The lowest BCUT2D eigenvalue weighted by molar-refractivity contribution is -0.148. The number of carbonyl (C=O) groups is 3. The van der Waals surface area contributed by atoms with E-state index >= 15 is 0 Å². The minimum Gasteiger partial charge on any atom is -0.450 e. The Bertz CT molecular complexity index is 724. The fourth-order valence-corrected chi connectivity index (χ4v) is 3.37. The third-order valence-electron chi connectivity index (χ3n) is 5.04. The molecule has 3 amide bonds. The van der Waals surface area contributed by atoms with Gasteiger partial charge in [0.2, 0.25) is 11.8 Å².